The van der Waals surface area contributed by atoms with Crippen molar-refractivity contribution in [2.45, 2.75) is 19.9 Å². The van der Waals surface area contributed by atoms with Crippen LogP contribution in [-0.4, -0.2) is 25.5 Å². The van der Waals surface area contributed by atoms with Crippen LogP contribution < -0.4 is 5.32 Å². The zero-order valence-electron chi connectivity index (χ0n) is 14.2. The smallest absolute Gasteiger partial charge is 0.270 e. The summed E-state index contributed by atoms with van der Waals surface area (Å²) in [5, 5.41) is 11.6. The van der Waals surface area contributed by atoms with Gasteiger partial charge in [-0.1, -0.05) is 13.0 Å². The number of nitrogens with zero attached hydrogens (tertiary/aromatic N) is 4. The van der Waals surface area contributed by atoms with Crippen LogP contribution in [0.5, 0.6) is 0 Å². The molecule has 0 saturated carbocycles. The van der Waals surface area contributed by atoms with E-state index in [4.69, 9.17) is 0 Å². The molecule has 0 fully saturated rings. The molecule has 0 aromatic carbocycles. The van der Waals surface area contributed by atoms with Crippen molar-refractivity contribution in [3.05, 3.63) is 70.4 Å². The highest BCUT2D eigenvalue weighted by molar-refractivity contribution is 7.08. The molecule has 4 aromatic rings. The first-order valence-corrected chi connectivity index (χ1v) is 9.28. The number of hydrogen-bond donors (Lipinski definition) is 1. The summed E-state index contributed by atoms with van der Waals surface area (Å²) in [5.41, 5.74) is 4.89. The Morgan fingerprint density at radius 2 is 2.23 bits per heavy atom. The quantitative estimate of drug-likeness (QED) is 0.590. The zero-order chi connectivity index (χ0) is 17.9. The maximum atomic E-state index is 12.5. The average Bonchev–Trinajstić information content (AvgIpc) is 3.35. The Morgan fingerprint density at radius 1 is 1.31 bits per heavy atom. The second-order valence-electron chi connectivity index (χ2n) is 5.84. The van der Waals surface area contributed by atoms with Crippen LogP contribution >= 0.6 is 11.3 Å². The van der Waals surface area contributed by atoms with Gasteiger partial charge < -0.3 is 5.32 Å². The summed E-state index contributed by atoms with van der Waals surface area (Å²) in [5.74, 6) is -0.204. The fraction of sp³-hybridized carbons (Fsp3) is 0.158. The number of rotatable bonds is 5. The number of fused-ring (bicyclic) bond motifs is 1. The molecule has 4 heterocycles. The molecule has 0 aliphatic heterocycles. The molecule has 0 saturated heterocycles. The molecule has 4 aromatic heterocycles. The molecule has 0 atom stereocenters. The zero-order valence-corrected chi connectivity index (χ0v) is 15.0. The van der Waals surface area contributed by atoms with Gasteiger partial charge in [-0.05, 0) is 35.6 Å². The topological polar surface area (TPSA) is 72.2 Å². The van der Waals surface area contributed by atoms with E-state index >= 15 is 0 Å². The first-order valence-electron chi connectivity index (χ1n) is 8.34. The van der Waals surface area contributed by atoms with E-state index in [2.05, 4.69) is 25.8 Å². The lowest BCUT2D eigenvalue weighted by atomic mass is 10.2. The van der Waals surface area contributed by atoms with Crippen LogP contribution in [0.15, 0.2) is 53.5 Å². The molecule has 0 aliphatic rings. The van der Waals surface area contributed by atoms with Crippen LogP contribution in [0.3, 0.4) is 0 Å². The van der Waals surface area contributed by atoms with Gasteiger partial charge in [-0.25, -0.2) is 9.50 Å². The second kappa shape index (κ2) is 7.05. The first-order chi connectivity index (χ1) is 12.7. The molecule has 7 heteroatoms. The van der Waals surface area contributed by atoms with Crippen LogP contribution in [0.25, 0.3) is 16.9 Å². The molecule has 6 nitrogen and oxygen atoms in total. The summed E-state index contributed by atoms with van der Waals surface area (Å²) in [6.07, 6.45) is 4.20. The van der Waals surface area contributed by atoms with Crippen molar-refractivity contribution in [1.29, 1.82) is 0 Å². The molecule has 130 valence electrons. The lowest BCUT2D eigenvalue weighted by Crippen LogP contribution is -2.24. The van der Waals surface area contributed by atoms with Crippen molar-refractivity contribution < 1.29 is 4.79 Å². The lowest BCUT2D eigenvalue weighted by Gasteiger charge is -2.07. The van der Waals surface area contributed by atoms with E-state index in [9.17, 15) is 4.79 Å². The van der Waals surface area contributed by atoms with Crippen molar-refractivity contribution in [1.82, 2.24) is 24.9 Å². The number of nitrogens with one attached hydrogen (secondary N) is 1. The Morgan fingerprint density at radius 3 is 2.96 bits per heavy atom. The Bertz CT molecular complexity index is 1040. The average molecular weight is 363 g/mol. The van der Waals surface area contributed by atoms with Gasteiger partial charge in [0.05, 0.1) is 5.69 Å². The molecule has 0 aliphatic carbocycles. The summed E-state index contributed by atoms with van der Waals surface area (Å²) >= 11 is 1.63. The highest BCUT2D eigenvalue weighted by Crippen LogP contribution is 2.22. The summed E-state index contributed by atoms with van der Waals surface area (Å²) in [6, 6.07) is 9.51. The summed E-state index contributed by atoms with van der Waals surface area (Å²) in [4.78, 5) is 21.1. The van der Waals surface area contributed by atoms with Gasteiger partial charge in [-0.3, -0.25) is 9.78 Å². The van der Waals surface area contributed by atoms with Gasteiger partial charge in [0.1, 0.15) is 5.69 Å². The number of hydrogen-bond acceptors (Lipinski definition) is 5. The molecule has 4 rings (SSSR count). The minimum atomic E-state index is -0.204. The van der Waals surface area contributed by atoms with Gasteiger partial charge >= 0.3 is 0 Å². The fourth-order valence-electron chi connectivity index (χ4n) is 2.73. The van der Waals surface area contributed by atoms with E-state index in [1.807, 2.05) is 41.1 Å². The third-order valence-electron chi connectivity index (χ3n) is 4.09. The van der Waals surface area contributed by atoms with Crippen LogP contribution in [0.4, 0.5) is 0 Å². The van der Waals surface area contributed by atoms with Gasteiger partial charge in [0.2, 0.25) is 0 Å². The largest absolute Gasteiger partial charge is 0.347 e. The first kappa shape index (κ1) is 16.4. The summed E-state index contributed by atoms with van der Waals surface area (Å²) in [6.45, 7) is 2.46. The minimum Gasteiger partial charge on any atom is -0.347 e. The molecule has 26 heavy (non-hydrogen) atoms. The highest BCUT2D eigenvalue weighted by Gasteiger charge is 2.14. The van der Waals surface area contributed by atoms with E-state index in [0.29, 0.717) is 17.9 Å². The monoisotopic (exact) mass is 363 g/mol. The van der Waals surface area contributed by atoms with E-state index in [1.165, 1.54) is 0 Å². The third kappa shape index (κ3) is 3.21. The minimum absolute atomic E-state index is 0.204. The van der Waals surface area contributed by atoms with E-state index < -0.39 is 0 Å². The molecular weight excluding hydrogens is 346 g/mol. The molecule has 0 bridgehead atoms. The normalized spacial score (nSPS) is 11.0. The lowest BCUT2D eigenvalue weighted by molar-refractivity contribution is 0.0946. The van der Waals surface area contributed by atoms with Gasteiger partial charge in [-0.2, -0.15) is 16.4 Å². The summed E-state index contributed by atoms with van der Waals surface area (Å²) < 4.78 is 1.81. The van der Waals surface area contributed by atoms with E-state index in [-0.39, 0.29) is 5.91 Å². The molecular formula is C19H17N5OS. The molecule has 0 radical (unpaired) electrons. The maximum Gasteiger partial charge on any atom is 0.270 e. The number of aryl methyl sites for hydroxylation is 1. The number of amides is 1. The summed E-state index contributed by atoms with van der Waals surface area (Å²) in [7, 11) is 0. The fourth-order valence-corrected chi connectivity index (χ4v) is 3.38. The van der Waals surface area contributed by atoms with Crippen LogP contribution in [0.2, 0.25) is 0 Å². The van der Waals surface area contributed by atoms with Crippen molar-refractivity contribution in [2.75, 3.05) is 0 Å². The molecule has 1 amide bonds. The Labute approximate surface area is 154 Å². The Balaban J connectivity index is 1.63. The van der Waals surface area contributed by atoms with Crippen molar-refractivity contribution in [2.24, 2.45) is 0 Å². The second-order valence-corrected chi connectivity index (χ2v) is 6.62. The van der Waals surface area contributed by atoms with Gasteiger partial charge in [-0.15, -0.1) is 0 Å². The Hall–Kier alpha value is -3.06. The predicted molar refractivity (Wildman–Crippen MR) is 101 cm³/mol. The molecule has 1 N–H and O–H groups in total. The molecule has 0 unspecified atom stereocenters. The number of thiophene rings is 1. The van der Waals surface area contributed by atoms with E-state index in [1.54, 1.807) is 29.8 Å². The number of pyridine rings is 1. The van der Waals surface area contributed by atoms with Crippen LogP contribution in [0, 0.1) is 0 Å². The number of aromatic nitrogens is 4. The van der Waals surface area contributed by atoms with E-state index in [0.717, 1.165) is 28.9 Å². The van der Waals surface area contributed by atoms with Gasteiger partial charge in [0, 0.05) is 41.6 Å². The van der Waals surface area contributed by atoms with Crippen molar-refractivity contribution in [3.63, 3.8) is 0 Å². The number of carbonyl (C=O) groups excluding carboxylic acids is 1. The van der Waals surface area contributed by atoms with Gasteiger partial charge in [0.25, 0.3) is 5.91 Å². The van der Waals surface area contributed by atoms with Gasteiger partial charge in [0.15, 0.2) is 5.65 Å². The number of carbonyl (C=O) groups is 1. The third-order valence-corrected chi connectivity index (χ3v) is 4.77. The molecule has 0 spiro atoms. The highest BCUT2D eigenvalue weighted by atomic mass is 32.1. The Kier molecular flexibility index (Phi) is 4.45. The standard InChI is InChI=1S/C19H17N5OS/c1-2-15-8-17(19(25)21-11-13-4-3-6-20-10-13)22-18-9-16(23-24(15)18)14-5-7-26-12-14/h3-10,12H,2,11H2,1H3,(H,21,25). The van der Waals surface area contributed by atoms with Crippen LogP contribution in [-0.2, 0) is 13.0 Å². The van der Waals surface area contributed by atoms with Crippen molar-refractivity contribution >= 4 is 22.9 Å². The van der Waals surface area contributed by atoms with Crippen LogP contribution in [0.1, 0.15) is 28.7 Å². The van der Waals surface area contributed by atoms with Crippen molar-refractivity contribution in [3.8, 4) is 11.3 Å². The maximum absolute atomic E-state index is 12.5. The SMILES string of the molecule is CCc1cc(C(=O)NCc2cccnc2)nc2cc(-c3ccsc3)nn12. The predicted octanol–water partition coefficient (Wildman–Crippen LogP) is 3.35.